The van der Waals surface area contributed by atoms with E-state index in [0.717, 1.165) is 18.7 Å². The highest BCUT2D eigenvalue weighted by Gasteiger charge is 2.08. The van der Waals surface area contributed by atoms with E-state index in [-0.39, 0.29) is 0 Å². The molecule has 6 heteroatoms. The second-order valence-corrected chi connectivity index (χ2v) is 4.66. The van der Waals surface area contributed by atoms with Crippen molar-refractivity contribution >= 4 is 28.8 Å². The molecule has 90 valence electrons. The van der Waals surface area contributed by atoms with Crippen molar-refractivity contribution in [1.82, 2.24) is 9.36 Å². The molecule has 0 unspecified atom stereocenters. The van der Waals surface area contributed by atoms with Crippen LogP contribution in [0.1, 0.15) is 19.2 Å². The third-order valence-corrected chi connectivity index (χ3v) is 2.96. The van der Waals surface area contributed by atoms with E-state index < -0.39 is 0 Å². The van der Waals surface area contributed by atoms with Gasteiger partial charge in [-0.1, -0.05) is 18.5 Å². The molecule has 0 amide bonds. The van der Waals surface area contributed by atoms with Gasteiger partial charge >= 0.3 is 0 Å². The summed E-state index contributed by atoms with van der Waals surface area (Å²) in [6.45, 7) is 2.08. The number of aromatic nitrogens is 2. The number of hydrogen-bond donors (Lipinski definition) is 1. The van der Waals surface area contributed by atoms with Gasteiger partial charge in [-0.2, -0.15) is 9.36 Å². The summed E-state index contributed by atoms with van der Waals surface area (Å²) in [7, 11) is 0. The number of hydrogen-bond acceptors (Lipinski definition) is 5. The fourth-order valence-corrected chi connectivity index (χ4v) is 2.08. The summed E-state index contributed by atoms with van der Waals surface area (Å²) >= 11 is 7.03. The van der Waals surface area contributed by atoms with Gasteiger partial charge in [-0.25, -0.2) is 0 Å². The van der Waals surface area contributed by atoms with Gasteiger partial charge in [0.05, 0.1) is 5.69 Å². The molecule has 2 aromatic rings. The SMILES string of the molecule is CCCc1nsc(Oc2ccc(Cl)cc2N)n1. The van der Waals surface area contributed by atoms with Crippen molar-refractivity contribution in [2.24, 2.45) is 0 Å². The number of nitrogens with zero attached hydrogens (tertiary/aromatic N) is 2. The molecule has 1 heterocycles. The number of anilines is 1. The van der Waals surface area contributed by atoms with Crippen molar-refractivity contribution in [2.45, 2.75) is 19.8 Å². The molecule has 2 rings (SSSR count). The minimum atomic E-state index is 0.491. The van der Waals surface area contributed by atoms with Crippen LogP contribution in [0.2, 0.25) is 5.02 Å². The van der Waals surface area contributed by atoms with Gasteiger partial charge in [0.25, 0.3) is 5.19 Å². The average molecular weight is 270 g/mol. The number of nitrogens with two attached hydrogens (primary N) is 1. The lowest BCUT2D eigenvalue weighted by atomic mass is 10.3. The molecule has 0 fully saturated rings. The molecule has 1 aromatic heterocycles. The highest BCUT2D eigenvalue weighted by atomic mass is 35.5. The van der Waals surface area contributed by atoms with E-state index >= 15 is 0 Å². The van der Waals surface area contributed by atoms with Crippen molar-refractivity contribution in [3.8, 4) is 10.9 Å². The monoisotopic (exact) mass is 269 g/mol. The van der Waals surface area contributed by atoms with Crippen molar-refractivity contribution in [2.75, 3.05) is 5.73 Å². The molecule has 2 N–H and O–H groups in total. The first-order valence-electron chi connectivity index (χ1n) is 5.24. The van der Waals surface area contributed by atoms with Gasteiger partial charge in [0.1, 0.15) is 5.82 Å². The fourth-order valence-electron chi connectivity index (χ4n) is 1.31. The van der Waals surface area contributed by atoms with Gasteiger partial charge in [0.2, 0.25) is 0 Å². The lowest BCUT2D eigenvalue weighted by Crippen LogP contribution is -1.92. The average Bonchev–Trinajstić information content (AvgIpc) is 2.71. The molecule has 17 heavy (non-hydrogen) atoms. The molecule has 0 bridgehead atoms. The van der Waals surface area contributed by atoms with Crippen LogP contribution in [0.15, 0.2) is 18.2 Å². The smallest absolute Gasteiger partial charge is 0.298 e. The van der Waals surface area contributed by atoms with Gasteiger partial charge in [0, 0.05) is 23.0 Å². The van der Waals surface area contributed by atoms with E-state index in [1.54, 1.807) is 18.2 Å². The van der Waals surface area contributed by atoms with Gasteiger partial charge in [0.15, 0.2) is 5.75 Å². The maximum atomic E-state index is 5.80. The second-order valence-electron chi connectivity index (χ2n) is 3.51. The third-order valence-electron chi connectivity index (χ3n) is 2.09. The molecule has 0 saturated carbocycles. The number of nitrogen functional groups attached to an aromatic ring is 1. The summed E-state index contributed by atoms with van der Waals surface area (Å²) < 4.78 is 9.74. The Morgan fingerprint density at radius 1 is 1.47 bits per heavy atom. The number of halogens is 1. The molecule has 0 aliphatic carbocycles. The topological polar surface area (TPSA) is 61.0 Å². The first-order chi connectivity index (χ1) is 8.19. The van der Waals surface area contributed by atoms with Gasteiger partial charge in [-0.05, 0) is 24.6 Å². The van der Waals surface area contributed by atoms with Crippen LogP contribution in [0.25, 0.3) is 0 Å². The lowest BCUT2D eigenvalue weighted by Gasteiger charge is -2.04. The number of benzene rings is 1. The molecule has 0 radical (unpaired) electrons. The van der Waals surface area contributed by atoms with Crippen LogP contribution >= 0.6 is 23.1 Å². The van der Waals surface area contributed by atoms with Gasteiger partial charge in [-0.3, -0.25) is 0 Å². The Kier molecular flexibility index (Phi) is 3.81. The second kappa shape index (κ2) is 5.33. The van der Waals surface area contributed by atoms with Crippen LogP contribution in [0.4, 0.5) is 5.69 Å². The van der Waals surface area contributed by atoms with Crippen molar-refractivity contribution in [3.05, 3.63) is 29.0 Å². The Balaban J connectivity index is 2.13. The number of ether oxygens (including phenoxy) is 1. The van der Waals surface area contributed by atoms with Crippen LogP contribution in [-0.2, 0) is 6.42 Å². The standard InChI is InChI=1S/C11H12ClN3OS/c1-2-3-10-14-11(17-15-10)16-9-5-4-7(12)6-8(9)13/h4-6H,2-3,13H2,1H3. The lowest BCUT2D eigenvalue weighted by molar-refractivity contribution is 0.479. The minimum Gasteiger partial charge on any atom is -0.428 e. The van der Waals surface area contributed by atoms with Crippen LogP contribution < -0.4 is 10.5 Å². The predicted octanol–water partition coefficient (Wildman–Crippen LogP) is 3.52. The molecule has 0 atom stereocenters. The highest BCUT2D eigenvalue weighted by molar-refractivity contribution is 7.07. The maximum Gasteiger partial charge on any atom is 0.298 e. The summed E-state index contributed by atoms with van der Waals surface area (Å²) in [5.74, 6) is 1.36. The van der Waals surface area contributed by atoms with E-state index in [1.807, 2.05) is 0 Å². The zero-order valence-electron chi connectivity index (χ0n) is 9.31. The molecule has 4 nitrogen and oxygen atoms in total. The molecule has 0 aliphatic rings. The van der Waals surface area contributed by atoms with E-state index in [9.17, 15) is 0 Å². The summed E-state index contributed by atoms with van der Waals surface area (Å²) in [6.07, 6.45) is 1.87. The molecule has 0 aliphatic heterocycles. The molecule has 0 saturated heterocycles. The minimum absolute atomic E-state index is 0.491. The summed E-state index contributed by atoms with van der Waals surface area (Å²) in [6, 6.07) is 5.09. The number of aryl methyl sites for hydroxylation is 1. The summed E-state index contributed by atoms with van der Waals surface area (Å²) in [5, 5.41) is 1.08. The Morgan fingerprint density at radius 3 is 3.00 bits per heavy atom. The Morgan fingerprint density at radius 2 is 2.29 bits per heavy atom. The third kappa shape index (κ3) is 3.08. The Bertz CT molecular complexity index is 515. The van der Waals surface area contributed by atoms with Crippen molar-refractivity contribution in [1.29, 1.82) is 0 Å². The van der Waals surface area contributed by atoms with E-state index in [2.05, 4.69) is 16.3 Å². The molecule has 0 spiro atoms. The van der Waals surface area contributed by atoms with Crippen LogP contribution in [0.3, 0.4) is 0 Å². The molecule has 1 aromatic carbocycles. The summed E-state index contributed by atoms with van der Waals surface area (Å²) in [4.78, 5) is 4.26. The molecular formula is C11H12ClN3OS. The first kappa shape index (κ1) is 12.1. The van der Waals surface area contributed by atoms with Crippen molar-refractivity contribution < 1.29 is 4.74 Å². The highest BCUT2D eigenvalue weighted by Crippen LogP contribution is 2.30. The Labute approximate surface area is 109 Å². The quantitative estimate of drug-likeness (QED) is 0.863. The zero-order chi connectivity index (χ0) is 12.3. The predicted molar refractivity (Wildman–Crippen MR) is 69.8 cm³/mol. The zero-order valence-corrected chi connectivity index (χ0v) is 10.9. The van der Waals surface area contributed by atoms with Crippen LogP contribution in [0, 0.1) is 0 Å². The first-order valence-corrected chi connectivity index (χ1v) is 6.39. The maximum absolute atomic E-state index is 5.80. The largest absolute Gasteiger partial charge is 0.428 e. The van der Waals surface area contributed by atoms with Crippen LogP contribution in [0.5, 0.6) is 10.9 Å². The normalized spacial score (nSPS) is 10.5. The van der Waals surface area contributed by atoms with Crippen molar-refractivity contribution in [3.63, 3.8) is 0 Å². The Hall–Kier alpha value is -1.33. The van der Waals surface area contributed by atoms with Gasteiger partial charge < -0.3 is 10.5 Å². The summed E-state index contributed by atoms with van der Waals surface area (Å²) in [5.41, 5.74) is 6.27. The van der Waals surface area contributed by atoms with Crippen LogP contribution in [-0.4, -0.2) is 9.36 Å². The molecular weight excluding hydrogens is 258 g/mol. The fraction of sp³-hybridized carbons (Fsp3) is 0.273. The van der Waals surface area contributed by atoms with E-state index in [4.69, 9.17) is 22.1 Å². The van der Waals surface area contributed by atoms with E-state index in [0.29, 0.717) is 21.7 Å². The van der Waals surface area contributed by atoms with E-state index in [1.165, 1.54) is 11.5 Å². The van der Waals surface area contributed by atoms with Gasteiger partial charge in [-0.15, -0.1) is 0 Å². The number of rotatable bonds is 4.